The Labute approximate surface area is 81.4 Å². The van der Waals surface area contributed by atoms with Crippen LogP contribution in [0.3, 0.4) is 0 Å². The molecular formula is C9H11N3O2. The van der Waals surface area contributed by atoms with Crippen LogP contribution >= 0.6 is 0 Å². The SMILES string of the molecule is O=C(c1cncnc1)N1CCC(O)C1. The molecule has 1 aromatic rings. The highest BCUT2D eigenvalue weighted by molar-refractivity contribution is 5.93. The van der Waals surface area contributed by atoms with E-state index in [0.717, 1.165) is 0 Å². The summed E-state index contributed by atoms with van der Waals surface area (Å²) >= 11 is 0. The molecule has 1 saturated heterocycles. The Bertz CT molecular complexity index is 328. The summed E-state index contributed by atoms with van der Waals surface area (Å²) in [5, 5.41) is 9.27. The van der Waals surface area contributed by atoms with E-state index in [1.807, 2.05) is 0 Å². The molecule has 14 heavy (non-hydrogen) atoms. The van der Waals surface area contributed by atoms with E-state index in [9.17, 15) is 9.90 Å². The van der Waals surface area contributed by atoms with Gasteiger partial charge in [-0.15, -0.1) is 0 Å². The van der Waals surface area contributed by atoms with E-state index in [2.05, 4.69) is 9.97 Å². The van der Waals surface area contributed by atoms with Crippen LogP contribution < -0.4 is 0 Å². The van der Waals surface area contributed by atoms with E-state index in [-0.39, 0.29) is 12.0 Å². The second-order valence-electron chi connectivity index (χ2n) is 3.32. The Morgan fingerprint density at radius 1 is 1.50 bits per heavy atom. The molecule has 2 rings (SSSR count). The van der Waals surface area contributed by atoms with Gasteiger partial charge in [0.25, 0.3) is 5.91 Å². The second-order valence-corrected chi connectivity index (χ2v) is 3.32. The summed E-state index contributed by atoms with van der Waals surface area (Å²) in [6.07, 6.45) is 4.62. The fourth-order valence-corrected chi connectivity index (χ4v) is 1.52. The molecule has 0 radical (unpaired) electrons. The fourth-order valence-electron chi connectivity index (χ4n) is 1.52. The van der Waals surface area contributed by atoms with Crippen LogP contribution in [0.2, 0.25) is 0 Å². The summed E-state index contributed by atoms with van der Waals surface area (Å²) in [6, 6.07) is 0. The molecule has 5 nitrogen and oxygen atoms in total. The van der Waals surface area contributed by atoms with Crippen molar-refractivity contribution in [2.45, 2.75) is 12.5 Å². The second kappa shape index (κ2) is 3.71. The van der Waals surface area contributed by atoms with Gasteiger partial charge in [-0.3, -0.25) is 4.79 Å². The molecule has 0 aliphatic carbocycles. The van der Waals surface area contributed by atoms with E-state index in [4.69, 9.17) is 0 Å². The van der Waals surface area contributed by atoms with Gasteiger partial charge in [-0.1, -0.05) is 0 Å². The summed E-state index contributed by atoms with van der Waals surface area (Å²) in [5.41, 5.74) is 0.474. The Hall–Kier alpha value is -1.49. The Morgan fingerprint density at radius 2 is 2.21 bits per heavy atom. The molecule has 1 unspecified atom stereocenters. The maximum Gasteiger partial charge on any atom is 0.257 e. The van der Waals surface area contributed by atoms with Gasteiger partial charge < -0.3 is 10.0 Å². The van der Waals surface area contributed by atoms with E-state index >= 15 is 0 Å². The molecular weight excluding hydrogens is 182 g/mol. The molecule has 1 N–H and O–H groups in total. The zero-order valence-electron chi connectivity index (χ0n) is 7.63. The minimum atomic E-state index is -0.386. The van der Waals surface area contributed by atoms with Crippen molar-refractivity contribution in [1.82, 2.24) is 14.9 Å². The molecule has 2 heterocycles. The number of hydrogen-bond donors (Lipinski definition) is 1. The van der Waals surface area contributed by atoms with Crippen molar-refractivity contribution in [3.63, 3.8) is 0 Å². The molecule has 1 amide bonds. The van der Waals surface area contributed by atoms with Crippen LogP contribution in [-0.2, 0) is 0 Å². The number of rotatable bonds is 1. The van der Waals surface area contributed by atoms with Crippen LogP contribution in [0.5, 0.6) is 0 Å². The van der Waals surface area contributed by atoms with E-state index in [1.165, 1.54) is 18.7 Å². The Kier molecular flexibility index (Phi) is 2.41. The van der Waals surface area contributed by atoms with Crippen molar-refractivity contribution in [1.29, 1.82) is 0 Å². The first-order chi connectivity index (χ1) is 6.77. The molecule has 0 saturated carbocycles. The molecule has 74 valence electrons. The first-order valence-electron chi connectivity index (χ1n) is 4.50. The first kappa shape index (κ1) is 9.08. The van der Waals surface area contributed by atoms with E-state index in [1.54, 1.807) is 4.90 Å². The number of nitrogens with zero attached hydrogens (tertiary/aromatic N) is 3. The number of likely N-dealkylation sites (tertiary alicyclic amines) is 1. The van der Waals surface area contributed by atoms with Crippen LogP contribution in [0.25, 0.3) is 0 Å². The quantitative estimate of drug-likeness (QED) is 0.664. The lowest BCUT2D eigenvalue weighted by atomic mass is 10.3. The van der Waals surface area contributed by atoms with Gasteiger partial charge in [0.05, 0.1) is 11.7 Å². The standard InChI is InChI=1S/C9H11N3O2/c13-8-1-2-12(5-8)9(14)7-3-10-6-11-4-7/h3-4,6,8,13H,1-2,5H2. The average molecular weight is 193 g/mol. The lowest BCUT2D eigenvalue weighted by molar-refractivity contribution is 0.0764. The maximum atomic E-state index is 11.7. The van der Waals surface area contributed by atoms with Crippen molar-refractivity contribution < 1.29 is 9.90 Å². The minimum Gasteiger partial charge on any atom is -0.391 e. The van der Waals surface area contributed by atoms with Gasteiger partial charge >= 0.3 is 0 Å². The smallest absolute Gasteiger partial charge is 0.257 e. The minimum absolute atomic E-state index is 0.109. The van der Waals surface area contributed by atoms with Gasteiger partial charge in [0.2, 0.25) is 0 Å². The van der Waals surface area contributed by atoms with Crippen LogP contribution in [0.1, 0.15) is 16.8 Å². The van der Waals surface area contributed by atoms with Crippen LogP contribution in [-0.4, -0.2) is 45.1 Å². The summed E-state index contributed by atoms with van der Waals surface area (Å²) in [4.78, 5) is 20.9. The summed E-state index contributed by atoms with van der Waals surface area (Å²) in [6.45, 7) is 1.02. The van der Waals surface area contributed by atoms with Crippen LogP contribution in [0, 0.1) is 0 Å². The summed E-state index contributed by atoms with van der Waals surface area (Å²) < 4.78 is 0. The molecule has 1 aliphatic rings. The molecule has 1 fully saturated rings. The highest BCUT2D eigenvalue weighted by atomic mass is 16.3. The molecule has 0 spiro atoms. The third-order valence-electron chi connectivity index (χ3n) is 2.26. The normalized spacial score (nSPS) is 21.2. The number of amides is 1. The highest BCUT2D eigenvalue weighted by Crippen LogP contribution is 2.11. The summed E-state index contributed by atoms with van der Waals surface area (Å²) in [7, 11) is 0. The number of β-amino-alcohol motifs (C(OH)–C–C–N with tert-alkyl or cyclic N) is 1. The predicted molar refractivity (Wildman–Crippen MR) is 48.6 cm³/mol. The molecule has 1 aromatic heterocycles. The van der Waals surface area contributed by atoms with Crippen LogP contribution in [0.4, 0.5) is 0 Å². The molecule has 1 atom stereocenters. The average Bonchev–Trinajstić information content (AvgIpc) is 2.65. The zero-order valence-corrected chi connectivity index (χ0v) is 7.63. The van der Waals surface area contributed by atoms with Gasteiger partial charge in [-0.2, -0.15) is 0 Å². The van der Waals surface area contributed by atoms with Crippen molar-refractivity contribution >= 4 is 5.91 Å². The Balaban J connectivity index is 2.10. The molecule has 1 aliphatic heterocycles. The van der Waals surface area contributed by atoms with Gasteiger partial charge in [0, 0.05) is 25.5 Å². The molecule has 5 heteroatoms. The predicted octanol–water partition coefficient (Wildman–Crippen LogP) is -0.317. The molecule has 0 bridgehead atoms. The van der Waals surface area contributed by atoms with Crippen LogP contribution in [0.15, 0.2) is 18.7 Å². The third kappa shape index (κ3) is 1.72. The summed E-state index contributed by atoms with van der Waals surface area (Å²) in [5.74, 6) is -0.109. The number of aliphatic hydroxyl groups excluding tert-OH is 1. The zero-order chi connectivity index (χ0) is 9.97. The topological polar surface area (TPSA) is 66.3 Å². The Morgan fingerprint density at radius 3 is 2.79 bits per heavy atom. The van der Waals surface area contributed by atoms with Gasteiger partial charge in [0.1, 0.15) is 6.33 Å². The first-order valence-corrected chi connectivity index (χ1v) is 4.50. The highest BCUT2D eigenvalue weighted by Gasteiger charge is 2.25. The van der Waals surface area contributed by atoms with Gasteiger partial charge in [-0.25, -0.2) is 9.97 Å². The monoisotopic (exact) mass is 193 g/mol. The van der Waals surface area contributed by atoms with Crippen molar-refractivity contribution in [2.24, 2.45) is 0 Å². The van der Waals surface area contributed by atoms with Gasteiger partial charge in [0.15, 0.2) is 0 Å². The molecule has 0 aromatic carbocycles. The third-order valence-corrected chi connectivity index (χ3v) is 2.26. The van der Waals surface area contributed by atoms with Crippen molar-refractivity contribution in [2.75, 3.05) is 13.1 Å². The number of aromatic nitrogens is 2. The number of aliphatic hydroxyl groups is 1. The largest absolute Gasteiger partial charge is 0.391 e. The number of hydrogen-bond acceptors (Lipinski definition) is 4. The van der Waals surface area contributed by atoms with Gasteiger partial charge in [-0.05, 0) is 6.42 Å². The number of carbonyl (C=O) groups excluding carboxylic acids is 1. The maximum absolute atomic E-state index is 11.7. The van der Waals surface area contributed by atoms with Crippen molar-refractivity contribution in [3.8, 4) is 0 Å². The fraction of sp³-hybridized carbons (Fsp3) is 0.444. The van der Waals surface area contributed by atoms with E-state index < -0.39 is 0 Å². The lowest BCUT2D eigenvalue weighted by Crippen LogP contribution is -2.29. The van der Waals surface area contributed by atoms with E-state index in [0.29, 0.717) is 25.1 Å². The number of carbonyl (C=O) groups is 1. The van der Waals surface area contributed by atoms with Crippen molar-refractivity contribution in [3.05, 3.63) is 24.3 Å². The lowest BCUT2D eigenvalue weighted by Gasteiger charge is -2.14.